The summed E-state index contributed by atoms with van der Waals surface area (Å²) in [6, 6.07) is 4.46. The molecule has 5 rings (SSSR count). The fraction of sp³-hybridized carbons (Fsp3) is 0.615. The normalized spacial score (nSPS) is 20.1. The number of aromatic nitrogens is 2. The van der Waals surface area contributed by atoms with Crippen LogP contribution in [0, 0.1) is 11.8 Å². The molecule has 182 valence electrons. The molecule has 2 aromatic rings. The highest BCUT2D eigenvalue weighted by Crippen LogP contribution is 2.31. The molecule has 8 nitrogen and oxygen atoms in total. The summed E-state index contributed by atoms with van der Waals surface area (Å²) in [7, 11) is 1.71. The smallest absolute Gasteiger partial charge is 0.227 e. The maximum atomic E-state index is 5.75. The SMILES string of the molecule is COc1cc2c(NC3CCOCC3)nc(N3CCCNCC3)nc2cc1C#CCN1CCCC1. The Morgan fingerprint density at radius 3 is 2.76 bits per heavy atom. The van der Waals surface area contributed by atoms with Gasteiger partial charge in [-0.05, 0) is 63.9 Å². The van der Waals surface area contributed by atoms with E-state index in [0.717, 1.165) is 112 Å². The van der Waals surface area contributed by atoms with Crippen LogP contribution in [0.25, 0.3) is 10.9 Å². The number of hydrogen-bond donors (Lipinski definition) is 2. The highest BCUT2D eigenvalue weighted by molar-refractivity contribution is 5.92. The second-order valence-corrected chi connectivity index (χ2v) is 9.35. The van der Waals surface area contributed by atoms with Crippen molar-refractivity contribution in [3.63, 3.8) is 0 Å². The van der Waals surface area contributed by atoms with Crippen molar-refractivity contribution in [2.24, 2.45) is 0 Å². The van der Waals surface area contributed by atoms with Gasteiger partial charge in [-0.25, -0.2) is 4.98 Å². The number of nitrogens with zero attached hydrogens (tertiary/aromatic N) is 4. The average Bonchev–Trinajstić information content (AvgIpc) is 3.23. The van der Waals surface area contributed by atoms with Crippen molar-refractivity contribution in [1.82, 2.24) is 20.2 Å². The van der Waals surface area contributed by atoms with Crippen LogP contribution >= 0.6 is 0 Å². The van der Waals surface area contributed by atoms with Crippen molar-refractivity contribution in [3.05, 3.63) is 17.7 Å². The van der Waals surface area contributed by atoms with Crippen LogP contribution in [0.15, 0.2) is 12.1 Å². The van der Waals surface area contributed by atoms with Crippen LogP contribution in [-0.2, 0) is 4.74 Å². The molecule has 0 atom stereocenters. The Morgan fingerprint density at radius 1 is 1.09 bits per heavy atom. The van der Waals surface area contributed by atoms with E-state index in [-0.39, 0.29) is 0 Å². The van der Waals surface area contributed by atoms with Crippen molar-refractivity contribution in [2.75, 3.05) is 76.4 Å². The van der Waals surface area contributed by atoms with Crippen LogP contribution in [0.4, 0.5) is 11.8 Å². The molecule has 0 unspecified atom stereocenters. The third-order valence-electron chi connectivity index (χ3n) is 6.91. The monoisotopic (exact) mass is 464 g/mol. The predicted octanol–water partition coefficient (Wildman–Crippen LogP) is 2.48. The van der Waals surface area contributed by atoms with E-state index >= 15 is 0 Å². The standard InChI is InChI=1S/C26H36N6O2/c1-33-24-19-22-23(18-20(24)6-4-13-31-11-2-3-12-31)29-26(32-14-5-9-27-10-15-32)30-25(22)28-21-7-16-34-17-8-21/h18-19,21,27H,2-3,5,7-17H2,1H3,(H,28,29,30). The fourth-order valence-electron chi connectivity index (χ4n) is 4.93. The quantitative estimate of drug-likeness (QED) is 0.654. The maximum Gasteiger partial charge on any atom is 0.227 e. The number of ether oxygens (including phenoxy) is 2. The van der Waals surface area contributed by atoms with Crippen LogP contribution in [-0.4, -0.2) is 87.0 Å². The Bertz CT molecular complexity index is 1030. The zero-order valence-electron chi connectivity index (χ0n) is 20.2. The molecule has 0 saturated carbocycles. The topological polar surface area (TPSA) is 74.8 Å². The minimum Gasteiger partial charge on any atom is -0.495 e. The van der Waals surface area contributed by atoms with E-state index in [2.05, 4.69) is 38.3 Å². The third-order valence-corrected chi connectivity index (χ3v) is 6.91. The molecule has 0 bridgehead atoms. The van der Waals surface area contributed by atoms with Gasteiger partial charge in [-0.1, -0.05) is 11.8 Å². The highest BCUT2D eigenvalue weighted by Gasteiger charge is 2.20. The molecule has 0 amide bonds. The van der Waals surface area contributed by atoms with Gasteiger partial charge in [-0.3, -0.25) is 4.90 Å². The van der Waals surface area contributed by atoms with Crippen LogP contribution in [0.3, 0.4) is 0 Å². The number of benzene rings is 1. The molecule has 4 heterocycles. The lowest BCUT2D eigenvalue weighted by Gasteiger charge is -2.26. The Labute approximate surface area is 202 Å². The second kappa shape index (κ2) is 11.2. The van der Waals surface area contributed by atoms with Crippen molar-refractivity contribution >= 4 is 22.7 Å². The van der Waals surface area contributed by atoms with Gasteiger partial charge in [0, 0.05) is 44.3 Å². The molecular formula is C26H36N6O2. The molecular weight excluding hydrogens is 428 g/mol. The van der Waals surface area contributed by atoms with Crippen LogP contribution in [0.2, 0.25) is 0 Å². The van der Waals surface area contributed by atoms with Crippen LogP contribution in [0.5, 0.6) is 5.75 Å². The minimum absolute atomic E-state index is 0.344. The van der Waals surface area contributed by atoms with Crippen molar-refractivity contribution in [2.45, 2.75) is 38.1 Å². The van der Waals surface area contributed by atoms with E-state index in [9.17, 15) is 0 Å². The minimum atomic E-state index is 0.344. The molecule has 3 fully saturated rings. The van der Waals surface area contributed by atoms with Gasteiger partial charge in [0.05, 0.1) is 24.7 Å². The summed E-state index contributed by atoms with van der Waals surface area (Å²) in [5.74, 6) is 9.14. The number of anilines is 2. The summed E-state index contributed by atoms with van der Waals surface area (Å²) in [4.78, 5) is 14.7. The van der Waals surface area contributed by atoms with Crippen LogP contribution in [0.1, 0.15) is 37.7 Å². The number of likely N-dealkylation sites (tertiary alicyclic amines) is 1. The summed E-state index contributed by atoms with van der Waals surface area (Å²) >= 11 is 0. The number of methoxy groups -OCH3 is 1. The van der Waals surface area contributed by atoms with Gasteiger partial charge in [0.1, 0.15) is 11.6 Å². The van der Waals surface area contributed by atoms with Gasteiger partial charge < -0.3 is 25.0 Å². The lowest BCUT2D eigenvalue weighted by atomic mass is 10.1. The zero-order valence-corrected chi connectivity index (χ0v) is 20.2. The summed E-state index contributed by atoms with van der Waals surface area (Å²) in [6.45, 7) is 8.49. The molecule has 2 N–H and O–H groups in total. The van der Waals surface area contributed by atoms with Gasteiger partial charge in [0.2, 0.25) is 5.95 Å². The van der Waals surface area contributed by atoms with Gasteiger partial charge in [0.15, 0.2) is 0 Å². The number of hydrogen-bond acceptors (Lipinski definition) is 8. The molecule has 1 aromatic heterocycles. The third kappa shape index (κ3) is 5.54. The first kappa shape index (κ1) is 23.2. The number of rotatable bonds is 5. The summed E-state index contributed by atoms with van der Waals surface area (Å²) in [6.07, 6.45) is 5.59. The first-order valence-electron chi connectivity index (χ1n) is 12.7. The molecule has 34 heavy (non-hydrogen) atoms. The summed E-state index contributed by atoms with van der Waals surface area (Å²) in [5.41, 5.74) is 1.79. The number of nitrogens with one attached hydrogen (secondary N) is 2. The van der Waals surface area contributed by atoms with E-state index in [0.29, 0.717) is 6.04 Å². The summed E-state index contributed by atoms with van der Waals surface area (Å²) < 4.78 is 11.3. The Balaban J connectivity index is 1.51. The van der Waals surface area contributed by atoms with E-state index in [1.54, 1.807) is 7.11 Å². The van der Waals surface area contributed by atoms with Gasteiger partial charge in [-0.15, -0.1) is 0 Å². The van der Waals surface area contributed by atoms with Crippen molar-refractivity contribution in [1.29, 1.82) is 0 Å². The molecule has 0 aliphatic carbocycles. The Kier molecular flexibility index (Phi) is 7.64. The second-order valence-electron chi connectivity index (χ2n) is 9.35. The fourth-order valence-corrected chi connectivity index (χ4v) is 4.93. The maximum absolute atomic E-state index is 5.75. The number of fused-ring (bicyclic) bond motifs is 1. The molecule has 0 spiro atoms. The average molecular weight is 465 g/mol. The van der Waals surface area contributed by atoms with Crippen molar-refractivity contribution < 1.29 is 9.47 Å². The van der Waals surface area contributed by atoms with Crippen LogP contribution < -0.4 is 20.3 Å². The Hall–Kier alpha value is -2.60. The lowest BCUT2D eigenvalue weighted by molar-refractivity contribution is 0.0904. The lowest BCUT2D eigenvalue weighted by Crippen LogP contribution is -2.31. The predicted molar refractivity (Wildman–Crippen MR) is 136 cm³/mol. The van der Waals surface area contributed by atoms with E-state index in [1.807, 2.05) is 6.07 Å². The zero-order chi connectivity index (χ0) is 23.2. The summed E-state index contributed by atoms with van der Waals surface area (Å²) in [5, 5.41) is 8.14. The van der Waals surface area contributed by atoms with E-state index in [4.69, 9.17) is 19.4 Å². The van der Waals surface area contributed by atoms with Crippen molar-refractivity contribution in [3.8, 4) is 17.6 Å². The Morgan fingerprint density at radius 2 is 1.94 bits per heavy atom. The molecule has 8 heteroatoms. The first-order chi connectivity index (χ1) is 16.8. The van der Waals surface area contributed by atoms with Gasteiger partial charge >= 0.3 is 0 Å². The molecule has 0 radical (unpaired) electrons. The largest absolute Gasteiger partial charge is 0.495 e. The van der Waals surface area contributed by atoms with E-state index < -0.39 is 0 Å². The van der Waals surface area contributed by atoms with E-state index in [1.165, 1.54) is 12.8 Å². The van der Waals surface area contributed by atoms with Gasteiger partial charge in [-0.2, -0.15) is 4.98 Å². The molecule has 3 saturated heterocycles. The molecule has 1 aromatic carbocycles. The first-order valence-corrected chi connectivity index (χ1v) is 12.7. The van der Waals surface area contributed by atoms with Gasteiger partial charge in [0.25, 0.3) is 0 Å². The highest BCUT2D eigenvalue weighted by atomic mass is 16.5. The molecule has 3 aliphatic rings. The molecule has 3 aliphatic heterocycles.